The summed E-state index contributed by atoms with van der Waals surface area (Å²) in [4.78, 5) is 11.7. The third kappa shape index (κ3) is 7.19. The Labute approximate surface area is 150 Å². The van der Waals surface area contributed by atoms with Crippen LogP contribution >= 0.6 is 0 Å². The average molecular weight is 362 g/mol. The minimum atomic E-state index is -1.37. The van der Waals surface area contributed by atoms with Crippen molar-refractivity contribution in [1.82, 2.24) is 0 Å². The van der Waals surface area contributed by atoms with Crippen LogP contribution in [-0.2, 0) is 19.0 Å². The van der Waals surface area contributed by atoms with E-state index in [1.807, 2.05) is 0 Å². The van der Waals surface area contributed by atoms with Crippen LogP contribution in [0.1, 0.15) is 59.3 Å². The number of unbranched alkanes of at least 4 members (excludes halogenated alkanes) is 5. The lowest BCUT2D eigenvalue weighted by Gasteiger charge is -2.41. The van der Waals surface area contributed by atoms with Gasteiger partial charge in [-0.3, -0.25) is 4.79 Å². The van der Waals surface area contributed by atoms with Crippen LogP contribution in [0.2, 0.25) is 0 Å². The Kier molecular flexibility index (Phi) is 10.5. The molecule has 0 saturated carbocycles. The molecule has 1 heterocycles. The molecule has 0 unspecified atom stereocenters. The largest absolute Gasteiger partial charge is 0.456 e. The SMILES string of the molecule is CCCCCCCCO[C@@H]1O[C@H](CO)[C@@H](OC(=O)C(C)C)[C@H](O)[C@H]1O. The van der Waals surface area contributed by atoms with Gasteiger partial charge in [0.2, 0.25) is 0 Å². The van der Waals surface area contributed by atoms with Crippen molar-refractivity contribution in [1.29, 1.82) is 0 Å². The molecule has 7 nitrogen and oxygen atoms in total. The van der Waals surface area contributed by atoms with Gasteiger partial charge in [0.15, 0.2) is 12.4 Å². The summed E-state index contributed by atoms with van der Waals surface area (Å²) in [5.41, 5.74) is 0. The van der Waals surface area contributed by atoms with Crippen LogP contribution in [0.4, 0.5) is 0 Å². The Morgan fingerprint density at radius 3 is 2.32 bits per heavy atom. The third-order valence-corrected chi connectivity index (χ3v) is 4.32. The number of ether oxygens (including phenoxy) is 3. The van der Waals surface area contributed by atoms with Crippen molar-refractivity contribution >= 4 is 5.97 Å². The maximum Gasteiger partial charge on any atom is 0.308 e. The second-order valence-electron chi connectivity index (χ2n) is 6.90. The molecular weight excluding hydrogens is 328 g/mol. The zero-order valence-electron chi connectivity index (χ0n) is 15.6. The number of carbonyl (C=O) groups excluding carboxylic acids is 1. The zero-order chi connectivity index (χ0) is 18.8. The maximum atomic E-state index is 11.7. The summed E-state index contributed by atoms with van der Waals surface area (Å²) >= 11 is 0. The van der Waals surface area contributed by atoms with E-state index < -0.39 is 43.3 Å². The lowest BCUT2D eigenvalue weighted by atomic mass is 9.98. The lowest BCUT2D eigenvalue weighted by molar-refractivity contribution is -0.303. The van der Waals surface area contributed by atoms with Crippen molar-refractivity contribution in [3.8, 4) is 0 Å². The fourth-order valence-corrected chi connectivity index (χ4v) is 2.69. The molecule has 7 heteroatoms. The van der Waals surface area contributed by atoms with Crippen molar-refractivity contribution in [2.75, 3.05) is 13.2 Å². The summed E-state index contributed by atoms with van der Waals surface area (Å²) < 4.78 is 16.2. The molecule has 1 fully saturated rings. The van der Waals surface area contributed by atoms with Gasteiger partial charge in [0.1, 0.15) is 18.3 Å². The number of hydrogen-bond donors (Lipinski definition) is 3. The van der Waals surface area contributed by atoms with Crippen LogP contribution in [0.3, 0.4) is 0 Å². The van der Waals surface area contributed by atoms with Crippen molar-refractivity contribution < 1.29 is 34.3 Å². The highest BCUT2D eigenvalue weighted by Crippen LogP contribution is 2.25. The molecule has 0 aliphatic carbocycles. The summed E-state index contributed by atoms with van der Waals surface area (Å²) in [5.74, 6) is -0.907. The van der Waals surface area contributed by atoms with E-state index in [4.69, 9.17) is 14.2 Å². The fraction of sp³-hybridized carbons (Fsp3) is 0.944. The first-order valence-electron chi connectivity index (χ1n) is 9.36. The van der Waals surface area contributed by atoms with Gasteiger partial charge >= 0.3 is 5.97 Å². The molecule has 0 amide bonds. The Hall–Kier alpha value is -0.730. The topological polar surface area (TPSA) is 105 Å². The van der Waals surface area contributed by atoms with E-state index >= 15 is 0 Å². The molecule has 3 N–H and O–H groups in total. The number of hydrogen-bond acceptors (Lipinski definition) is 7. The van der Waals surface area contributed by atoms with Crippen LogP contribution in [0, 0.1) is 5.92 Å². The Morgan fingerprint density at radius 2 is 1.72 bits per heavy atom. The average Bonchev–Trinajstić information content (AvgIpc) is 2.59. The molecule has 0 aromatic carbocycles. The highest BCUT2D eigenvalue weighted by molar-refractivity contribution is 5.71. The molecule has 1 saturated heterocycles. The van der Waals surface area contributed by atoms with E-state index in [-0.39, 0.29) is 5.92 Å². The summed E-state index contributed by atoms with van der Waals surface area (Å²) in [6, 6.07) is 0. The molecule has 0 spiro atoms. The number of aliphatic hydroxyl groups excluding tert-OH is 3. The molecule has 25 heavy (non-hydrogen) atoms. The molecule has 0 bridgehead atoms. The van der Waals surface area contributed by atoms with Crippen LogP contribution in [0.25, 0.3) is 0 Å². The van der Waals surface area contributed by atoms with E-state index in [2.05, 4.69) is 6.92 Å². The first-order chi connectivity index (χ1) is 11.9. The first kappa shape index (κ1) is 22.3. The summed E-state index contributed by atoms with van der Waals surface area (Å²) in [7, 11) is 0. The normalized spacial score (nSPS) is 29.8. The van der Waals surface area contributed by atoms with Crippen molar-refractivity contribution in [3.05, 3.63) is 0 Å². The van der Waals surface area contributed by atoms with Crippen LogP contribution in [0.15, 0.2) is 0 Å². The highest BCUT2D eigenvalue weighted by atomic mass is 16.7. The van der Waals surface area contributed by atoms with Crippen molar-refractivity contribution in [2.45, 2.75) is 90.0 Å². The predicted octanol–water partition coefficient (Wildman–Crippen LogP) is 1.37. The quantitative estimate of drug-likeness (QED) is 0.376. The van der Waals surface area contributed by atoms with Gasteiger partial charge in [-0.05, 0) is 6.42 Å². The second-order valence-corrected chi connectivity index (χ2v) is 6.90. The summed E-state index contributed by atoms with van der Waals surface area (Å²) in [5, 5.41) is 29.9. The molecule has 5 atom stereocenters. The monoisotopic (exact) mass is 362 g/mol. The van der Waals surface area contributed by atoms with Gasteiger partial charge in [-0.2, -0.15) is 0 Å². The van der Waals surface area contributed by atoms with Gasteiger partial charge in [-0.15, -0.1) is 0 Å². The van der Waals surface area contributed by atoms with Crippen LogP contribution in [0.5, 0.6) is 0 Å². The number of rotatable bonds is 11. The number of aliphatic hydroxyl groups is 3. The molecule has 0 aromatic rings. The predicted molar refractivity (Wildman–Crippen MR) is 91.8 cm³/mol. The fourth-order valence-electron chi connectivity index (χ4n) is 2.69. The highest BCUT2D eigenvalue weighted by Gasteiger charge is 2.47. The standard InChI is InChI=1S/C18H34O7/c1-4-5-6-7-8-9-10-23-18-15(21)14(20)16(13(11-19)24-18)25-17(22)12(2)3/h12-16,18-21H,4-11H2,1-3H3/t13-,14-,15-,16-,18-/m1/s1. The van der Waals surface area contributed by atoms with Gasteiger partial charge in [0.25, 0.3) is 0 Å². The molecule has 1 rings (SSSR count). The molecule has 148 valence electrons. The Bertz CT molecular complexity index is 372. The third-order valence-electron chi connectivity index (χ3n) is 4.32. The first-order valence-corrected chi connectivity index (χ1v) is 9.36. The minimum Gasteiger partial charge on any atom is -0.456 e. The van der Waals surface area contributed by atoms with E-state index in [9.17, 15) is 20.1 Å². The van der Waals surface area contributed by atoms with Gasteiger partial charge in [0.05, 0.1) is 12.5 Å². The molecular formula is C18H34O7. The van der Waals surface area contributed by atoms with Crippen molar-refractivity contribution in [3.63, 3.8) is 0 Å². The summed E-state index contributed by atoms with van der Waals surface area (Å²) in [6.45, 7) is 5.44. The van der Waals surface area contributed by atoms with Gasteiger partial charge in [-0.1, -0.05) is 52.9 Å². The lowest BCUT2D eigenvalue weighted by Crippen LogP contribution is -2.60. The van der Waals surface area contributed by atoms with Crippen LogP contribution in [-0.4, -0.2) is 65.2 Å². The number of esters is 1. The van der Waals surface area contributed by atoms with E-state index in [0.717, 1.165) is 19.3 Å². The maximum absolute atomic E-state index is 11.7. The molecule has 1 aliphatic rings. The van der Waals surface area contributed by atoms with E-state index in [1.54, 1.807) is 13.8 Å². The van der Waals surface area contributed by atoms with Gasteiger partial charge in [-0.25, -0.2) is 0 Å². The van der Waals surface area contributed by atoms with Gasteiger partial charge in [0, 0.05) is 6.61 Å². The second kappa shape index (κ2) is 11.8. The molecule has 0 aromatic heterocycles. The summed E-state index contributed by atoms with van der Waals surface area (Å²) in [6.07, 6.45) is 0.819. The smallest absolute Gasteiger partial charge is 0.308 e. The van der Waals surface area contributed by atoms with Crippen molar-refractivity contribution in [2.24, 2.45) is 5.92 Å². The zero-order valence-corrected chi connectivity index (χ0v) is 15.6. The Balaban J connectivity index is 2.45. The van der Waals surface area contributed by atoms with E-state index in [1.165, 1.54) is 19.3 Å². The molecule has 0 radical (unpaired) electrons. The van der Waals surface area contributed by atoms with Crippen LogP contribution < -0.4 is 0 Å². The minimum absolute atomic E-state index is 0.384. The molecule has 1 aliphatic heterocycles. The Morgan fingerprint density at radius 1 is 1.08 bits per heavy atom. The van der Waals surface area contributed by atoms with E-state index in [0.29, 0.717) is 6.61 Å². The number of carbonyl (C=O) groups is 1. The van der Waals surface area contributed by atoms with Gasteiger partial charge < -0.3 is 29.5 Å².